The molecule has 1 aromatic rings. The van der Waals surface area contributed by atoms with Crippen LogP contribution < -0.4 is 19.7 Å². The number of methoxy groups -OCH3 is 2. The molecule has 0 bridgehead atoms. The number of nitriles is 1. The second kappa shape index (κ2) is 9.28. The van der Waals surface area contributed by atoms with Gasteiger partial charge >= 0.3 is 0 Å². The number of quaternary nitrogens is 1. The molecule has 0 aliphatic heterocycles. The van der Waals surface area contributed by atoms with Crippen molar-refractivity contribution in [2.24, 2.45) is 5.92 Å². The lowest BCUT2D eigenvalue weighted by Gasteiger charge is -2.27. The van der Waals surface area contributed by atoms with E-state index in [9.17, 15) is 10.1 Å². The average molecular weight is 348 g/mol. The van der Waals surface area contributed by atoms with Crippen molar-refractivity contribution in [3.63, 3.8) is 0 Å². The van der Waals surface area contributed by atoms with Crippen molar-refractivity contribution in [2.45, 2.75) is 32.7 Å². The fourth-order valence-electron chi connectivity index (χ4n) is 2.39. The van der Waals surface area contributed by atoms with Gasteiger partial charge in [-0.2, -0.15) is 5.26 Å². The molecule has 138 valence electrons. The van der Waals surface area contributed by atoms with Crippen LogP contribution in [0.2, 0.25) is 0 Å². The molecule has 0 aliphatic rings. The summed E-state index contributed by atoms with van der Waals surface area (Å²) in [5.41, 5.74) is 0.294. The van der Waals surface area contributed by atoms with Gasteiger partial charge in [-0.25, -0.2) is 0 Å². The molecule has 1 aromatic carbocycles. The first-order valence-electron chi connectivity index (χ1n) is 8.50. The predicted molar refractivity (Wildman–Crippen MR) is 96.9 cm³/mol. The van der Waals surface area contributed by atoms with Crippen LogP contribution in [-0.2, 0) is 11.2 Å². The molecule has 2 N–H and O–H groups in total. The number of rotatable bonds is 9. The molecular weight excluding hydrogens is 318 g/mol. The molecule has 0 heterocycles. The van der Waals surface area contributed by atoms with Crippen molar-refractivity contribution in [2.75, 3.05) is 34.4 Å². The highest BCUT2D eigenvalue weighted by atomic mass is 16.5. The number of hydrogen-bond acceptors (Lipinski definition) is 4. The molecule has 2 atom stereocenters. The summed E-state index contributed by atoms with van der Waals surface area (Å²) in [6.07, 6.45) is 0.819. The summed E-state index contributed by atoms with van der Waals surface area (Å²) >= 11 is 0. The van der Waals surface area contributed by atoms with Gasteiger partial charge in [-0.3, -0.25) is 4.79 Å². The van der Waals surface area contributed by atoms with E-state index < -0.39 is 5.54 Å². The monoisotopic (exact) mass is 348 g/mol. The number of nitrogens with zero attached hydrogens (tertiary/aromatic N) is 1. The average Bonchev–Trinajstić information content (AvgIpc) is 2.59. The third-order valence-corrected chi connectivity index (χ3v) is 4.54. The van der Waals surface area contributed by atoms with Crippen molar-refractivity contribution >= 4 is 5.91 Å². The topological polar surface area (TPSA) is 75.8 Å². The normalized spacial score (nSPS) is 14.3. The van der Waals surface area contributed by atoms with E-state index in [1.807, 2.05) is 39.1 Å². The highest BCUT2D eigenvalue weighted by Gasteiger charge is 2.30. The molecule has 0 aliphatic carbocycles. The maximum Gasteiger partial charge on any atom is 0.276 e. The Hall–Kier alpha value is -2.26. The molecule has 0 saturated carbocycles. The molecule has 0 aromatic heterocycles. The summed E-state index contributed by atoms with van der Waals surface area (Å²) in [5, 5.41) is 12.1. The van der Waals surface area contributed by atoms with Crippen LogP contribution in [0.3, 0.4) is 0 Å². The zero-order chi connectivity index (χ0) is 19.0. The lowest BCUT2D eigenvalue weighted by molar-refractivity contribution is -0.871. The molecule has 0 saturated heterocycles. The molecular formula is C19H30N3O3+. The van der Waals surface area contributed by atoms with Gasteiger partial charge in [-0.1, -0.05) is 19.9 Å². The van der Waals surface area contributed by atoms with Crippen molar-refractivity contribution < 1.29 is 19.2 Å². The minimum atomic E-state index is -0.833. The third kappa shape index (κ3) is 5.95. The maximum atomic E-state index is 12.2. The number of benzene rings is 1. The van der Waals surface area contributed by atoms with E-state index in [0.717, 1.165) is 23.4 Å². The highest BCUT2D eigenvalue weighted by molar-refractivity contribution is 5.78. The number of ether oxygens (including phenoxy) is 2. The fourth-order valence-corrected chi connectivity index (χ4v) is 2.39. The van der Waals surface area contributed by atoms with Crippen molar-refractivity contribution in [1.82, 2.24) is 5.32 Å². The molecule has 1 rings (SSSR count). The van der Waals surface area contributed by atoms with Gasteiger partial charge in [0.15, 0.2) is 18.0 Å². The molecule has 25 heavy (non-hydrogen) atoms. The van der Waals surface area contributed by atoms with Crippen molar-refractivity contribution in [3.05, 3.63) is 23.8 Å². The van der Waals surface area contributed by atoms with E-state index in [-0.39, 0.29) is 11.8 Å². The van der Waals surface area contributed by atoms with Crippen LogP contribution in [0.1, 0.15) is 26.3 Å². The van der Waals surface area contributed by atoms with E-state index in [0.29, 0.717) is 18.0 Å². The van der Waals surface area contributed by atoms with Gasteiger partial charge in [0, 0.05) is 6.42 Å². The molecule has 1 unspecified atom stereocenters. The van der Waals surface area contributed by atoms with Crippen LogP contribution in [0.15, 0.2) is 18.2 Å². The van der Waals surface area contributed by atoms with Gasteiger partial charge in [0.05, 0.1) is 33.9 Å². The van der Waals surface area contributed by atoms with Gasteiger partial charge < -0.3 is 19.7 Å². The Morgan fingerprint density at radius 2 is 1.96 bits per heavy atom. The minimum absolute atomic E-state index is 0.0496. The first kappa shape index (κ1) is 20.8. The molecule has 6 nitrogen and oxygen atoms in total. The quantitative estimate of drug-likeness (QED) is 0.693. The number of amides is 1. The van der Waals surface area contributed by atoms with E-state index in [1.165, 1.54) is 0 Å². The molecule has 0 fully saturated rings. The molecule has 6 heteroatoms. The summed E-state index contributed by atoms with van der Waals surface area (Å²) in [6.45, 7) is 6.74. The lowest BCUT2D eigenvalue weighted by atomic mass is 9.90. The Balaban J connectivity index is 2.56. The Kier molecular flexibility index (Phi) is 7.72. The third-order valence-electron chi connectivity index (χ3n) is 4.54. The molecule has 1 amide bonds. The van der Waals surface area contributed by atoms with Gasteiger partial charge in [-0.05, 0) is 30.5 Å². The summed E-state index contributed by atoms with van der Waals surface area (Å²) in [5.74, 6) is 1.35. The maximum absolute atomic E-state index is 12.2. The van der Waals surface area contributed by atoms with E-state index in [1.54, 1.807) is 21.1 Å². The summed E-state index contributed by atoms with van der Waals surface area (Å²) < 4.78 is 10.5. The molecule has 0 spiro atoms. The van der Waals surface area contributed by atoms with E-state index in [4.69, 9.17) is 9.47 Å². The second-order valence-electron chi connectivity index (χ2n) is 6.84. The number of carbonyl (C=O) groups excluding carboxylic acids is 1. The van der Waals surface area contributed by atoms with Crippen LogP contribution in [0.4, 0.5) is 0 Å². The van der Waals surface area contributed by atoms with Crippen LogP contribution in [0.5, 0.6) is 11.5 Å². The van der Waals surface area contributed by atoms with Crippen LogP contribution in [0, 0.1) is 17.2 Å². The van der Waals surface area contributed by atoms with Crippen LogP contribution in [-0.4, -0.2) is 45.8 Å². The van der Waals surface area contributed by atoms with Crippen LogP contribution >= 0.6 is 0 Å². The highest BCUT2D eigenvalue weighted by Crippen LogP contribution is 2.27. The lowest BCUT2D eigenvalue weighted by Crippen LogP contribution is -3.10. The van der Waals surface area contributed by atoms with Gasteiger partial charge in [-0.15, -0.1) is 0 Å². The first-order chi connectivity index (χ1) is 11.8. The Morgan fingerprint density at radius 3 is 2.48 bits per heavy atom. The number of hydrogen-bond donors (Lipinski definition) is 2. The standard InChI is InChI=1S/C19H29N3O3/c1-14(2)19(3,13-20)21-18(23)12-22(4)10-9-15-7-8-16(24-5)17(11-15)25-6/h7-8,11,14H,9-10,12H2,1-6H3,(H,21,23)/p+1/t19-/m0/s1. The van der Waals surface area contributed by atoms with Crippen molar-refractivity contribution in [3.8, 4) is 17.6 Å². The second-order valence-corrected chi connectivity index (χ2v) is 6.84. The van der Waals surface area contributed by atoms with Crippen molar-refractivity contribution in [1.29, 1.82) is 5.26 Å². The largest absolute Gasteiger partial charge is 0.493 e. The first-order valence-corrected chi connectivity index (χ1v) is 8.50. The number of carbonyl (C=O) groups is 1. The van der Waals surface area contributed by atoms with Gasteiger partial charge in [0.25, 0.3) is 5.91 Å². The van der Waals surface area contributed by atoms with Gasteiger partial charge in [0.1, 0.15) is 5.54 Å². The number of nitrogens with one attached hydrogen (secondary N) is 2. The summed E-state index contributed by atoms with van der Waals surface area (Å²) in [7, 11) is 5.20. The van der Waals surface area contributed by atoms with E-state index >= 15 is 0 Å². The van der Waals surface area contributed by atoms with Gasteiger partial charge in [0.2, 0.25) is 0 Å². The molecule has 0 radical (unpaired) electrons. The smallest absolute Gasteiger partial charge is 0.276 e. The Bertz CT molecular complexity index is 625. The van der Waals surface area contributed by atoms with Crippen LogP contribution in [0.25, 0.3) is 0 Å². The zero-order valence-electron chi connectivity index (χ0n) is 16.1. The Morgan fingerprint density at radius 1 is 1.32 bits per heavy atom. The summed E-state index contributed by atoms with van der Waals surface area (Å²) in [4.78, 5) is 13.3. The SMILES string of the molecule is COc1ccc(CC[NH+](C)CC(=O)N[C@@](C)(C#N)C(C)C)cc1OC. The Labute approximate surface area is 150 Å². The predicted octanol–water partition coefficient (Wildman–Crippen LogP) is 0.815. The minimum Gasteiger partial charge on any atom is -0.493 e. The summed E-state index contributed by atoms with van der Waals surface area (Å²) in [6, 6.07) is 8.04. The van der Waals surface area contributed by atoms with E-state index in [2.05, 4.69) is 11.4 Å². The number of likely N-dealkylation sites (N-methyl/N-ethyl adjacent to an activating group) is 1. The zero-order valence-corrected chi connectivity index (χ0v) is 16.1. The fraction of sp³-hybridized carbons (Fsp3) is 0.579.